The summed E-state index contributed by atoms with van der Waals surface area (Å²) in [6, 6.07) is 9.65. The first-order valence-electron chi connectivity index (χ1n) is 10.9. The van der Waals surface area contributed by atoms with E-state index in [9.17, 15) is 9.59 Å². The minimum Gasteiger partial charge on any atom is -0.488 e. The predicted molar refractivity (Wildman–Crippen MR) is 115 cm³/mol. The van der Waals surface area contributed by atoms with Crippen molar-refractivity contribution in [2.24, 2.45) is 5.92 Å². The van der Waals surface area contributed by atoms with Crippen LogP contribution in [0.1, 0.15) is 66.4 Å². The van der Waals surface area contributed by atoms with E-state index in [2.05, 4.69) is 6.07 Å². The third kappa shape index (κ3) is 3.74. The van der Waals surface area contributed by atoms with Gasteiger partial charge in [-0.2, -0.15) is 0 Å². The van der Waals surface area contributed by atoms with Crippen LogP contribution in [-0.4, -0.2) is 17.9 Å². The van der Waals surface area contributed by atoms with Crippen molar-refractivity contribution in [3.05, 3.63) is 52.0 Å². The molecule has 0 N–H and O–H groups in total. The smallest absolute Gasteiger partial charge is 0.306 e. The Labute approximate surface area is 181 Å². The van der Waals surface area contributed by atoms with Gasteiger partial charge in [-0.1, -0.05) is 37.3 Å². The molecule has 1 atom stereocenters. The van der Waals surface area contributed by atoms with Crippen molar-refractivity contribution in [1.82, 2.24) is 0 Å². The largest absolute Gasteiger partial charge is 0.488 e. The molecular weight excluding hydrogens is 400 g/mol. The van der Waals surface area contributed by atoms with Crippen molar-refractivity contribution in [2.45, 2.75) is 64.1 Å². The molecule has 3 aliphatic rings. The SMILES string of the molecule is O=C(CCC1CCCC1)OC1CCc2cc3c(cc2C1=O)COc1cc(Cl)ccc1-3. The second kappa shape index (κ2) is 8.07. The minimum atomic E-state index is -0.665. The number of esters is 1. The number of Topliss-reactive ketones (excluding diaryl/α,β-unsaturated/α-hetero) is 1. The molecule has 2 aliphatic carbocycles. The number of benzene rings is 2. The summed E-state index contributed by atoms with van der Waals surface area (Å²) in [5, 5.41) is 0.642. The van der Waals surface area contributed by atoms with Crippen LogP contribution in [0.15, 0.2) is 30.3 Å². The lowest BCUT2D eigenvalue weighted by Crippen LogP contribution is -2.32. The van der Waals surface area contributed by atoms with Gasteiger partial charge in [0.05, 0.1) is 0 Å². The number of ketones is 1. The van der Waals surface area contributed by atoms with E-state index in [1.165, 1.54) is 25.7 Å². The Balaban J connectivity index is 1.32. The number of carbonyl (C=O) groups excluding carboxylic acids is 2. The van der Waals surface area contributed by atoms with Crippen LogP contribution in [-0.2, 0) is 22.6 Å². The van der Waals surface area contributed by atoms with Crippen molar-refractivity contribution in [1.29, 1.82) is 0 Å². The highest BCUT2D eigenvalue weighted by molar-refractivity contribution is 6.30. The summed E-state index contributed by atoms with van der Waals surface area (Å²) in [5.74, 6) is 1.08. The Morgan fingerprint density at radius 2 is 1.83 bits per heavy atom. The maximum atomic E-state index is 13.1. The Kier molecular flexibility index (Phi) is 5.28. The van der Waals surface area contributed by atoms with Gasteiger partial charge in [0.15, 0.2) is 6.10 Å². The molecule has 0 spiro atoms. The zero-order valence-corrected chi connectivity index (χ0v) is 17.7. The van der Waals surface area contributed by atoms with Gasteiger partial charge in [0, 0.05) is 22.6 Å². The molecule has 156 valence electrons. The Hall–Kier alpha value is -2.33. The average Bonchev–Trinajstić information content (AvgIpc) is 3.27. The van der Waals surface area contributed by atoms with Gasteiger partial charge in [0.25, 0.3) is 0 Å². The lowest BCUT2D eigenvalue weighted by molar-refractivity contribution is -0.147. The number of ether oxygens (including phenoxy) is 2. The molecule has 2 aromatic carbocycles. The Morgan fingerprint density at radius 3 is 2.67 bits per heavy atom. The van der Waals surface area contributed by atoms with Gasteiger partial charge in [0.2, 0.25) is 5.78 Å². The molecule has 0 aromatic heterocycles. The molecule has 0 radical (unpaired) electrons. The second-order valence-corrected chi connectivity index (χ2v) is 9.10. The molecule has 30 heavy (non-hydrogen) atoms. The van der Waals surface area contributed by atoms with Gasteiger partial charge in [-0.15, -0.1) is 0 Å². The number of fused-ring (bicyclic) bond motifs is 4. The first-order chi connectivity index (χ1) is 14.6. The molecule has 1 aliphatic heterocycles. The van der Waals surface area contributed by atoms with Crippen LogP contribution in [0.3, 0.4) is 0 Å². The number of carbonyl (C=O) groups is 2. The van der Waals surface area contributed by atoms with E-state index in [1.807, 2.05) is 24.3 Å². The highest BCUT2D eigenvalue weighted by atomic mass is 35.5. The van der Waals surface area contributed by atoms with Crippen molar-refractivity contribution in [3.63, 3.8) is 0 Å². The summed E-state index contributed by atoms with van der Waals surface area (Å²) in [6.07, 6.45) is 6.86. The van der Waals surface area contributed by atoms with E-state index in [1.54, 1.807) is 0 Å². The fourth-order valence-corrected chi connectivity index (χ4v) is 5.19. The highest BCUT2D eigenvalue weighted by Crippen LogP contribution is 2.41. The summed E-state index contributed by atoms with van der Waals surface area (Å²) in [4.78, 5) is 25.4. The van der Waals surface area contributed by atoms with Crippen molar-refractivity contribution >= 4 is 23.4 Å². The Bertz CT molecular complexity index is 1010. The average molecular weight is 425 g/mol. The van der Waals surface area contributed by atoms with E-state index < -0.39 is 6.10 Å². The highest BCUT2D eigenvalue weighted by Gasteiger charge is 2.32. The first-order valence-corrected chi connectivity index (χ1v) is 11.3. The van der Waals surface area contributed by atoms with Crippen LogP contribution in [0.2, 0.25) is 5.02 Å². The molecule has 5 heteroatoms. The number of hydrogen-bond acceptors (Lipinski definition) is 4. The first kappa shape index (κ1) is 19.6. The summed E-state index contributed by atoms with van der Waals surface area (Å²) in [6.45, 7) is 0.398. The van der Waals surface area contributed by atoms with Gasteiger partial charge in [-0.05, 0) is 72.2 Å². The van der Waals surface area contributed by atoms with Gasteiger partial charge in [-0.3, -0.25) is 9.59 Å². The standard InChI is InChI=1S/C25H25ClO4/c26-18-7-8-19-20-11-16-6-9-22(30-24(27)10-5-15-3-1-2-4-15)25(28)21(16)12-17(20)14-29-23(19)13-18/h7-8,11-13,15,22H,1-6,9-10,14H2. The van der Waals surface area contributed by atoms with Crippen LogP contribution in [0.4, 0.5) is 0 Å². The topological polar surface area (TPSA) is 52.6 Å². The molecule has 1 heterocycles. The molecular formula is C25H25ClO4. The molecule has 0 amide bonds. The lowest BCUT2D eigenvalue weighted by Gasteiger charge is -2.27. The molecule has 4 nitrogen and oxygen atoms in total. The van der Waals surface area contributed by atoms with Crippen molar-refractivity contribution in [3.8, 4) is 16.9 Å². The quantitative estimate of drug-likeness (QED) is 0.572. The number of halogens is 1. The molecule has 0 bridgehead atoms. The third-order valence-electron chi connectivity index (χ3n) is 6.68. The summed E-state index contributed by atoms with van der Waals surface area (Å²) < 4.78 is 11.4. The fraction of sp³-hybridized carbons (Fsp3) is 0.440. The van der Waals surface area contributed by atoms with E-state index in [0.717, 1.165) is 40.8 Å². The fourth-order valence-electron chi connectivity index (χ4n) is 5.03. The minimum absolute atomic E-state index is 0.0878. The van der Waals surface area contributed by atoms with Gasteiger partial charge in [-0.25, -0.2) is 0 Å². The normalized spacial score (nSPS) is 20.2. The summed E-state index contributed by atoms with van der Waals surface area (Å²) in [7, 11) is 0. The molecule has 5 rings (SSSR count). The van der Waals surface area contributed by atoms with Crippen LogP contribution in [0, 0.1) is 5.92 Å². The van der Waals surface area contributed by atoms with E-state index in [0.29, 0.717) is 36.0 Å². The van der Waals surface area contributed by atoms with Crippen molar-refractivity contribution in [2.75, 3.05) is 0 Å². The van der Waals surface area contributed by atoms with Gasteiger partial charge in [0.1, 0.15) is 12.4 Å². The second-order valence-electron chi connectivity index (χ2n) is 8.67. The number of aryl methyl sites for hydroxylation is 1. The Morgan fingerprint density at radius 1 is 1.03 bits per heavy atom. The van der Waals surface area contributed by atoms with Crippen molar-refractivity contribution < 1.29 is 19.1 Å². The van der Waals surface area contributed by atoms with Crippen LogP contribution in [0.5, 0.6) is 5.75 Å². The van der Waals surface area contributed by atoms with E-state index in [4.69, 9.17) is 21.1 Å². The number of rotatable bonds is 4. The third-order valence-corrected chi connectivity index (χ3v) is 6.92. The lowest BCUT2D eigenvalue weighted by atomic mass is 9.83. The maximum Gasteiger partial charge on any atom is 0.306 e. The maximum absolute atomic E-state index is 13.1. The monoisotopic (exact) mass is 424 g/mol. The summed E-state index contributed by atoms with van der Waals surface area (Å²) >= 11 is 6.09. The molecule has 2 aromatic rings. The van der Waals surface area contributed by atoms with Crippen LogP contribution in [0.25, 0.3) is 11.1 Å². The molecule has 1 fully saturated rings. The van der Waals surface area contributed by atoms with E-state index >= 15 is 0 Å². The van der Waals surface area contributed by atoms with Crippen LogP contribution < -0.4 is 4.74 Å². The zero-order valence-electron chi connectivity index (χ0n) is 16.9. The zero-order chi connectivity index (χ0) is 20.7. The predicted octanol–water partition coefficient (Wildman–Crippen LogP) is 5.91. The summed E-state index contributed by atoms with van der Waals surface area (Å²) in [5.41, 5.74) is 4.74. The molecule has 1 saturated carbocycles. The molecule has 0 saturated heterocycles. The van der Waals surface area contributed by atoms with Crippen LogP contribution >= 0.6 is 11.6 Å². The molecule has 1 unspecified atom stereocenters. The van der Waals surface area contributed by atoms with E-state index in [-0.39, 0.29) is 11.8 Å². The number of hydrogen-bond donors (Lipinski definition) is 0. The van der Waals surface area contributed by atoms with Gasteiger partial charge < -0.3 is 9.47 Å². The van der Waals surface area contributed by atoms with Gasteiger partial charge >= 0.3 is 5.97 Å².